The number of nitrogens with one attached hydrogen (secondary N) is 1. The fourth-order valence-corrected chi connectivity index (χ4v) is 1.08. The fraction of sp³-hybridized carbons (Fsp3) is 0.143. The maximum atomic E-state index is 7.11. The molecule has 0 bridgehead atoms. The molecular formula is C7H9N3S. The molecule has 0 atom stereocenters. The van der Waals surface area contributed by atoms with Crippen molar-refractivity contribution in [1.29, 1.82) is 5.41 Å². The Hall–Kier alpha value is -1.03. The van der Waals surface area contributed by atoms with Gasteiger partial charge in [-0.3, -0.25) is 5.41 Å². The third-order valence-electron chi connectivity index (χ3n) is 1.21. The van der Waals surface area contributed by atoms with Crippen LogP contribution in [0.4, 0.5) is 0 Å². The Morgan fingerprint density at radius 1 is 1.64 bits per heavy atom. The summed E-state index contributed by atoms with van der Waals surface area (Å²) in [4.78, 5) is 4.10. The molecular weight excluding hydrogens is 158 g/mol. The number of nitrogens with two attached hydrogens (primary N) is 1. The van der Waals surface area contributed by atoms with Crippen LogP contribution >= 0.6 is 11.8 Å². The van der Waals surface area contributed by atoms with Gasteiger partial charge in [-0.1, -0.05) is 6.07 Å². The van der Waals surface area contributed by atoms with Gasteiger partial charge in [0.2, 0.25) is 0 Å². The SMILES string of the molecule is CSc1cccc(C(=N)N)n1. The zero-order valence-electron chi connectivity index (χ0n) is 6.16. The van der Waals surface area contributed by atoms with Crippen molar-refractivity contribution in [3.63, 3.8) is 0 Å². The molecule has 0 saturated carbocycles. The third-order valence-corrected chi connectivity index (χ3v) is 1.85. The second-order valence-corrected chi connectivity index (χ2v) is 2.81. The van der Waals surface area contributed by atoms with Crippen LogP contribution in [0.5, 0.6) is 0 Å². The van der Waals surface area contributed by atoms with Gasteiger partial charge in [0.05, 0.1) is 5.03 Å². The summed E-state index contributed by atoms with van der Waals surface area (Å²) in [5.74, 6) is 0.0147. The van der Waals surface area contributed by atoms with Crippen LogP contribution in [0, 0.1) is 5.41 Å². The number of aromatic nitrogens is 1. The lowest BCUT2D eigenvalue weighted by Crippen LogP contribution is -2.12. The molecule has 3 N–H and O–H groups in total. The van der Waals surface area contributed by atoms with Gasteiger partial charge >= 0.3 is 0 Å². The first-order valence-electron chi connectivity index (χ1n) is 3.09. The summed E-state index contributed by atoms with van der Waals surface area (Å²) >= 11 is 1.54. The third kappa shape index (κ3) is 1.94. The molecule has 0 amide bonds. The normalized spacial score (nSPS) is 9.55. The molecule has 0 aromatic carbocycles. The van der Waals surface area contributed by atoms with Crippen LogP contribution in [0.25, 0.3) is 0 Å². The molecule has 0 aliphatic carbocycles. The molecule has 1 aromatic heterocycles. The summed E-state index contributed by atoms with van der Waals surface area (Å²) in [7, 11) is 0. The molecule has 3 nitrogen and oxygen atoms in total. The topological polar surface area (TPSA) is 62.8 Å². The Morgan fingerprint density at radius 2 is 2.36 bits per heavy atom. The molecule has 58 valence electrons. The predicted octanol–water partition coefficient (Wildman–Crippen LogP) is 1.09. The van der Waals surface area contributed by atoms with E-state index in [2.05, 4.69) is 4.98 Å². The molecule has 0 unspecified atom stereocenters. The predicted molar refractivity (Wildman–Crippen MR) is 47.0 cm³/mol. The second kappa shape index (κ2) is 3.39. The highest BCUT2D eigenvalue weighted by molar-refractivity contribution is 7.98. The van der Waals surface area contributed by atoms with E-state index >= 15 is 0 Å². The Balaban J connectivity index is 3.01. The summed E-state index contributed by atoms with van der Waals surface area (Å²) in [6.07, 6.45) is 1.94. The van der Waals surface area contributed by atoms with Gasteiger partial charge in [0.15, 0.2) is 0 Å². The monoisotopic (exact) mass is 167 g/mol. The lowest BCUT2D eigenvalue weighted by Gasteiger charge is -1.98. The van der Waals surface area contributed by atoms with E-state index in [4.69, 9.17) is 11.1 Å². The van der Waals surface area contributed by atoms with E-state index < -0.39 is 0 Å². The van der Waals surface area contributed by atoms with E-state index in [-0.39, 0.29) is 5.84 Å². The van der Waals surface area contributed by atoms with Crippen molar-refractivity contribution in [3.8, 4) is 0 Å². The lowest BCUT2D eigenvalue weighted by atomic mass is 10.3. The highest BCUT2D eigenvalue weighted by atomic mass is 32.2. The van der Waals surface area contributed by atoms with E-state index in [0.717, 1.165) is 5.03 Å². The molecule has 1 rings (SSSR count). The molecule has 0 aliphatic heterocycles. The highest BCUT2D eigenvalue weighted by Crippen LogP contribution is 2.10. The van der Waals surface area contributed by atoms with Gasteiger partial charge < -0.3 is 5.73 Å². The number of amidine groups is 1. The summed E-state index contributed by atoms with van der Waals surface area (Å²) < 4.78 is 0. The second-order valence-electron chi connectivity index (χ2n) is 1.98. The number of nitrogens with zero attached hydrogens (tertiary/aromatic N) is 1. The summed E-state index contributed by atoms with van der Waals surface area (Å²) in [6.45, 7) is 0. The van der Waals surface area contributed by atoms with Crippen LogP contribution in [0.2, 0.25) is 0 Å². The van der Waals surface area contributed by atoms with Gasteiger partial charge in [0.1, 0.15) is 11.5 Å². The van der Waals surface area contributed by atoms with Crippen molar-refractivity contribution >= 4 is 17.6 Å². The number of hydrogen-bond acceptors (Lipinski definition) is 3. The fourth-order valence-electron chi connectivity index (χ4n) is 0.679. The molecule has 0 saturated heterocycles. The number of hydrogen-bond donors (Lipinski definition) is 2. The lowest BCUT2D eigenvalue weighted by molar-refractivity contribution is 1.11. The van der Waals surface area contributed by atoms with Crippen molar-refractivity contribution in [1.82, 2.24) is 4.98 Å². The molecule has 11 heavy (non-hydrogen) atoms. The molecule has 0 aliphatic rings. The zero-order chi connectivity index (χ0) is 8.27. The molecule has 4 heteroatoms. The highest BCUT2D eigenvalue weighted by Gasteiger charge is 1.97. The van der Waals surface area contributed by atoms with Crippen molar-refractivity contribution in [2.24, 2.45) is 5.73 Å². The maximum Gasteiger partial charge on any atom is 0.141 e. The summed E-state index contributed by atoms with van der Waals surface area (Å²) in [6, 6.07) is 5.45. The van der Waals surface area contributed by atoms with Crippen LogP contribution in [-0.4, -0.2) is 17.1 Å². The summed E-state index contributed by atoms with van der Waals surface area (Å²) in [5, 5.41) is 8.00. The smallest absolute Gasteiger partial charge is 0.141 e. The van der Waals surface area contributed by atoms with E-state index in [1.807, 2.05) is 18.4 Å². The minimum absolute atomic E-state index is 0.0147. The first-order chi connectivity index (χ1) is 5.24. The average molecular weight is 167 g/mol. The van der Waals surface area contributed by atoms with Crippen molar-refractivity contribution in [2.45, 2.75) is 5.03 Å². The van der Waals surface area contributed by atoms with Gasteiger partial charge in [-0.2, -0.15) is 0 Å². The first-order valence-corrected chi connectivity index (χ1v) is 4.32. The largest absolute Gasteiger partial charge is 0.382 e. The number of pyridine rings is 1. The van der Waals surface area contributed by atoms with Crippen molar-refractivity contribution in [3.05, 3.63) is 23.9 Å². The van der Waals surface area contributed by atoms with E-state index in [0.29, 0.717) is 5.69 Å². The Kier molecular flexibility index (Phi) is 2.48. The molecule has 0 fully saturated rings. The number of nitrogen functional groups attached to an aromatic ring is 1. The first kappa shape index (κ1) is 8.07. The van der Waals surface area contributed by atoms with Crippen LogP contribution in [0.15, 0.2) is 23.2 Å². The minimum atomic E-state index is 0.0147. The van der Waals surface area contributed by atoms with E-state index in [1.54, 1.807) is 6.07 Å². The van der Waals surface area contributed by atoms with Gasteiger partial charge in [0, 0.05) is 0 Å². The molecule has 1 heterocycles. The van der Waals surface area contributed by atoms with Gasteiger partial charge in [-0.05, 0) is 18.4 Å². The Bertz CT molecular complexity index is 272. The van der Waals surface area contributed by atoms with Gasteiger partial charge in [0.25, 0.3) is 0 Å². The van der Waals surface area contributed by atoms with Crippen LogP contribution in [-0.2, 0) is 0 Å². The van der Waals surface area contributed by atoms with Gasteiger partial charge in [-0.15, -0.1) is 11.8 Å². The molecule has 0 radical (unpaired) electrons. The van der Waals surface area contributed by atoms with Crippen molar-refractivity contribution in [2.75, 3.05) is 6.26 Å². The average Bonchev–Trinajstić information content (AvgIpc) is 2.05. The standard InChI is InChI=1S/C7H9N3S/c1-11-6-4-2-3-5(10-6)7(8)9/h2-4H,1H3,(H3,8,9). The Labute approximate surface area is 69.5 Å². The molecule has 0 spiro atoms. The molecule has 1 aromatic rings. The maximum absolute atomic E-state index is 7.11. The quantitative estimate of drug-likeness (QED) is 0.393. The van der Waals surface area contributed by atoms with E-state index in [9.17, 15) is 0 Å². The minimum Gasteiger partial charge on any atom is -0.382 e. The summed E-state index contributed by atoms with van der Waals surface area (Å²) in [5.41, 5.74) is 5.79. The van der Waals surface area contributed by atoms with Crippen LogP contribution in [0.3, 0.4) is 0 Å². The van der Waals surface area contributed by atoms with Gasteiger partial charge in [-0.25, -0.2) is 4.98 Å². The van der Waals surface area contributed by atoms with Crippen molar-refractivity contribution < 1.29 is 0 Å². The van der Waals surface area contributed by atoms with Crippen LogP contribution in [0.1, 0.15) is 5.69 Å². The van der Waals surface area contributed by atoms with E-state index in [1.165, 1.54) is 11.8 Å². The van der Waals surface area contributed by atoms with Crippen LogP contribution < -0.4 is 5.73 Å². The number of rotatable bonds is 2. The Morgan fingerprint density at radius 3 is 2.91 bits per heavy atom. The number of thioether (sulfide) groups is 1. The zero-order valence-corrected chi connectivity index (χ0v) is 6.98.